The maximum Gasteiger partial charge on any atom is 0.241 e. The smallest absolute Gasteiger partial charge is 0.241 e. The number of rotatable bonds is 4. The second-order valence-corrected chi connectivity index (χ2v) is 5.54. The summed E-state index contributed by atoms with van der Waals surface area (Å²) in [6.07, 6.45) is 0. The summed E-state index contributed by atoms with van der Waals surface area (Å²) in [5.41, 5.74) is 1.55. The SMILES string of the molecule is O=C(CNc1ccccc1)N1CCN(c2ccccc2F)CC1. The lowest BCUT2D eigenvalue weighted by atomic mass is 10.2. The largest absolute Gasteiger partial charge is 0.376 e. The van der Waals surface area contributed by atoms with Gasteiger partial charge in [0.05, 0.1) is 12.2 Å². The Morgan fingerprint density at radius 1 is 0.957 bits per heavy atom. The molecule has 1 N–H and O–H groups in total. The molecular weight excluding hydrogens is 293 g/mol. The molecule has 1 saturated heterocycles. The molecule has 0 saturated carbocycles. The number of nitrogens with one attached hydrogen (secondary N) is 1. The van der Waals surface area contributed by atoms with E-state index in [4.69, 9.17) is 0 Å². The molecule has 1 amide bonds. The molecule has 0 aromatic heterocycles. The number of anilines is 2. The van der Waals surface area contributed by atoms with Gasteiger partial charge in [0.25, 0.3) is 0 Å². The summed E-state index contributed by atoms with van der Waals surface area (Å²) in [4.78, 5) is 16.1. The van der Waals surface area contributed by atoms with E-state index >= 15 is 0 Å². The van der Waals surface area contributed by atoms with Gasteiger partial charge in [-0.15, -0.1) is 0 Å². The molecule has 0 atom stereocenters. The molecule has 2 aromatic rings. The van der Waals surface area contributed by atoms with Crippen LogP contribution >= 0.6 is 0 Å². The minimum Gasteiger partial charge on any atom is -0.376 e. The number of para-hydroxylation sites is 2. The zero-order valence-corrected chi connectivity index (χ0v) is 12.9. The highest BCUT2D eigenvalue weighted by Gasteiger charge is 2.22. The first-order valence-electron chi connectivity index (χ1n) is 7.80. The Kier molecular flexibility index (Phi) is 4.76. The van der Waals surface area contributed by atoms with Crippen molar-refractivity contribution in [3.63, 3.8) is 0 Å². The third-order valence-corrected chi connectivity index (χ3v) is 4.04. The summed E-state index contributed by atoms with van der Waals surface area (Å²) in [6, 6.07) is 16.4. The highest BCUT2D eigenvalue weighted by Crippen LogP contribution is 2.20. The van der Waals surface area contributed by atoms with Crippen LogP contribution in [0.3, 0.4) is 0 Å². The number of carbonyl (C=O) groups is 1. The van der Waals surface area contributed by atoms with E-state index in [-0.39, 0.29) is 18.3 Å². The molecule has 1 fully saturated rings. The van der Waals surface area contributed by atoms with Crippen LogP contribution in [0.5, 0.6) is 0 Å². The lowest BCUT2D eigenvalue weighted by molar-refractivity contribution is -0.129. The zero-order chi connectivity index (χ0) is 16.1. The summed E-state index contributed by atoms with van der Waals surface area (Å²) < 4.78 is 13.8. The third-order valence-electron chi connectivity index (χ3n) is 4.04. The van der Waals surface area contributed by atoms with E-state index in [1.54, 1.807) is 12.1 Å². The highest BCUT2D eigenvalue weighted by molar-refractivity contribution is 5.81. The van der Waals surface area contributed by atoms with Crippen molar-refractivity contribution >= 4 is 17.3 Å². The molecule has 120 valence electrons. The van der Waals surface area contributed by atoms with Gasteiger partial charge in [-0.1, -0.05) is 30.3 Å². The van der Waals surface area contributed by atoms with Crippen LogP contribution in [0.1, 0.15) is 0 Å². The summed E-state index contributed by atoms with van der Waals surface area (Å²) in [5, 5.41) is 3.13. The Balaban J connectivity index is 1.50. The van der Waals surface area contributed by atoms with E-state index in [0.717, 1.165) is 5.69 Å². The van der Waals surface area contributed by atoms with E-state index in [1.165, 1.54) is 6.07 Å². The van der Waals surface area contributed by atoms with Crippen molar-refractivity contribution in [1.29, 1.82) is 0 Å². The van der Waals surface area contributed by atoms with Crippen LogP contribution in [0.25, 0.3) is 0 Å². The van der Waals surface area contributed by atoms with Crippen LogP contribution in [0, 0.1) is 5.82 Å². The predicted molar refractivity (Wildman–Crippen MR) is 90.1 cm³/mol. The summed E-state index contributed by atoms with van der Waals surface area (Å²) in [5.74, 6) is -0.139. The monoisotopic (exact) mass is 313 g/mol. The molecule has 3 rings (SSSR count). The minimum atomic E-state index is -0.210. The lowest BCUT2D eigenvalue weighted by Gasteiger charge is -2.36. The van der Waals surface area contributed by atoms with Crippen LogP contribution in [0.2, 0.25) is 0 Å². The van der Waals surface area contributed by atoms with Crippen LogP contribution < -0.4 is 10.2 Å². The van der Waals surface area contributed by atoms with Crippen molar-refractivity contribution in [3.05, 3.63) is 60.4 Å². The highest BCUT2D eigenvalue weighted by atomic mass is 19.1. The first-order valence-corrected chi connectivity index (χ1v) is 7.80. The van der Waals surface area contributed by atoms with Gasteiger partial charge in [0.2, 0.25) is 5.91 Å². The average molecular weight is 313 g/mol. The Bertz CT molecular complexity index is 654. The van der Waals surface area contributed by atoms with Crippen molar-refractivity contribution in [2.24, 2.45) is 0 Å². The van der Waals surface area contributed by atoms with Gasteiger partial charge in [0.1, 0.15) is 5.82 Å². The second-order valence-electron chi connectivity index (χ2n) is 5.54. The summed E-state index contributed by atoms with van der Waals surface area (Å²) in [7, 11) is 0. The van der Waals surface area contributed by atoms with Gasteiger partial charge in [0.15, 0.2) is 0 Å². The normalized spacial score (nSPS) is 14.7. The maximum atomic E-state index is 13.8. The Labute approximate surface area is 135 Å². The van der Waals surface area contributed by atoms with Gasteiger partial charge in [-0.3, -0.25) is 4.79 Å². The van der Waals surface area contributed by atoms with Gasteiger partial charge in [-0.2, -0.15) is 0 Å². The molecule has 0 radical (unpaired) electrons. The quantitative estimate of drug-likeness (QED) is 0.942. The van der Waals surface area contributed by atoms with Crippen molar-refractivity contribution in [1.82, 2.24) is 4.90 Å². The number of amides is 1. The van der Waals surface area contributed by atoms with E-state index in [2.05, 4.69) is 5.32 Å². The van der Waals surface area contributed by atoms with Gasteiger partial charge >= 0.3 is 0 Å². The molecule has 0 aliphatic carbocycles. The maximum absolute atomic E-state index is 13.8. The van der Waals surface area contributed by atoms with E-state index in [0.29, 0.717) is 31.9 Å². The number of carbonyl (C=O) groups excluding carboxylic acids is 1. The van der Waals surface area contributed by atoms with Crippen LogP contribution in [0.15, 0.2) is 54.6 Å². The van der Waals surface area contributed by atoms with E-state index < -0.39 is 0 Å². The van der Waals surface area contributed by atoms with Gasteiger partial charge in [0, 0.05) is 31.9 Å². The average Bonchev–Trinajstić information content (AvgIpc) is 2.61. The molecule has 2 aromatic carbocycles. The number of halogens is 1. The fourth-order valence-electron chi connectivity index (χ4n) is 2.75. The number of piperazine rings is 1. The van der Waals surface area contributed by atoms with Crippen LogP contribution in [-0.4, -0.2) is 43.5 Å². The molecule has 5 heteroatoms. The Morgan fingerprint density at radius 2 is 1.61 bits per heavy atom. The number of hydrogen-bond acceptors (Lipinski definition) is 3. The summed E-state index contributed by atoms with van der Waals surface area (Å²) in [6.45, 7) is 2.81. The van der Waals surface area contributed by atoms with Crippen molar-refractivity contribution in [2.45, 2.75) is 0 Å². The molecule has 1 aliphatic heterocycles. The summed E-state index contributed by atoms with van der Waals surface area (Å²) >= 11 is 0. The van der Waals surface area contributed by atoms with Gasteiger partial charge in [-0.05, 0) is 24.3 Å². The Hall–Kier alpha value is -2.56. The third kappa shape index (κ3) is 3.80. The van der Waals surface area contributed by atoms with Crippen molar-refractivity contribution in [2.75, 3.05) is 42.9 Å². The topological polar surface area (TPSA) is 35.6 Å². The lowest BCUT2D eigenvalue weighted by Crippen LogP contribution is -2.50. The molecule has 0 unspecified atom stereocenters. The first-order chi connectivity index (χ1) is 11.2. The molecule has 1 aliphatic rings. The fourth-order valence-corrected chi connectivity index (χ4v) is 2.75. The predicted octanol–water partition coefficient (Wildman–Crippen LogP) is 2.59. The number of benzene rings is 2. The Morgan fingerprint density at radius 3 is 2.30 bits per heavy atom. The number of nitrogens with zero attached hydrogens (tertiary/aromatic N) is 2. The number of hydrogen-bond donors (Lipinski definition) is 1. The van der Waals surface area contributed by atoms with Crippen molar-refractivity contribution < 1.29 is 9.18 Å². The van der Waals surface area contributed by atoms with Gasteiger partial charge < -0.3 is 15.1 Å². The minimum absolute atomic E-state index is 0.0713. The van der Waals surface area contributed by atoms with Crippen LogP contribution in [-0.2, 0) is 4.79 Å². The second kappa shape index (κ2) is 7.13. The molecule has 23 heavy (non-hydrogen) atoms. The molecule has 0 bridgehead atoms. The van der Waals surface area contributed by atoms with Crippen molar-refractivity contribution in [3.8, 4) is 0 Å². The van der Waals surface area contributed by atoms with E-state index in [9.17, 15) is 9.18 Å². The zero-order valence-electron chi connectivity index (χ0n) is 12.9. The van der Waals surface area contributed by atoms with E-state index in [1.807, 2.05) is 46.2 Å². The standard InChI is InChI=1S/C18H20FN3O/c19-16-8-4-5-9-17(16)21-10-12-22(13-11-21)18(23)14-20-15-6-2-1-3-7-15/h1-9,20H,10-14H2. The molecule has 1 heterocycles. The molecule has 4 nitrogen and oxygen atoms in total. The van der Waals surface area contributed by atoms with Gasteiger partial charge in [-0.25, -0.2) is 4.39 Å². The molecule has 0 spiro atoms. The molecular formula is C18H20FN3O. The van der Waals surface area contributed by atoms with Crippen LogP contribution in [0.4, 0.5) is 15.8 Å². The fraction of sp³-hybridized carbons (Fsp3) is 0.278. The first kappa shape index (κ1) is 15.3.